The van der Waals surface area contributed by atoms with E-state index in [1.807, 2.05) is 24.3 Å². The molecule has 2 saturated carbocycles. The highest BCUT2D eigenvalue weighted by Crippen LogP contribution is 2.29. The molecule has 0 bridgehead atoms. The minimum atomic E-state index is -1.15. The summed E-state index contributed by atoms with van der Waals surface area (Å²) in [6, 6.07) is 12.4. The van der Waals surface area contributed by atoms with E-state index in [9.17, 15) is 19.2 Å². The Morgan fingerprint density at radius 2 is 1.14 bits per heavy atom. The lowest BCUT2D eigenvalue weighted by atomic mass is 9.84. The number of halogens is 3. The summed E-state index contributed by atoms with van der Waals surface area (Å²) in [5.41, 5.74) is -0.0776. The second-order valence-corrected chi connectivity index (χ2v) is 16.2. The summed E-state index contributed by atoms with van der Waals surface area (Å²) >= 11 is 6.65. The number of hydrogen-bond acceptors (Lipinski definition) is 6. The number of rotatable bonds is 8. The monoisotopic (exact) mass is 845 g/mol. The van der Waals surface area contributed by atoms with E-state index in [0.29, 0.717) is 5.56 Å². The maximum atomic E-state index is 12.9. The van der Waals surface area contributed by atoms with Gasteiger partial charge in [0.1, 0.15) is 17.2 Å². The molecule has 2 aliphatic rings. The van der Waals surface area contributed by atoms with E-state index < -0.39 is 41.4 Å². The number of likely N-dealkylation sites (N-methyl/N-ethyl adjacent to an activating group) is 1. The van der Waals surface area contributed by atoms with Gasteiger partial charge in [0.25, 0.3) is 0 Å². The Kier molecular flexibility index (Phi) is 18.9. The second kappa shape index (κ2) is 20.9. The van der Waals surface area contributed by atoms with Crippen LogP contribution in [0.5, 0.6) is 0 Å². The molecule has 2 fully saturated rings. The van der Waals surface area contributed by atoms with Gasteiger partial charge in [-0.05, 0) is 102 Å². The van der Waals surface area contributed by atoms with Crippen molar-refractivity contribution in [2.75, 3.05) is 7.05 Å². The van der Waals surface area contributed by atoms with Crippen LogP contribution in [0.3, 0.4) is 0 Å². The Bertz CT molecular complexity index is 1370. The van der Waals surface area contributed by atoms with Crippen molar-refractivity contribution in [1.82, 2.24) is 15.5 Å². The maximum Gasteiger partial charge on any atom is 0.408 e. The summed E-state index contributed by atoms with van der Waals surface area (Å²) < 4.78 is 12.1. The molecule has 3 N–H and O–H groups in total. The summed E-state index contributed by atoms with van der Waals surface area (Å²) in [6.07, 6.45) is 7.76. The normalized spacial score (nSPS) is 15.3. The van der Waals surface area contributed by atoms with Crippen molar-refractivity contribution < 1.29 is 33.8 Å². The number of ether oxygens (including phenoxy) is 2. The molecule has 0 aliphatic heterocycles. The predicted octanol–water partition coefficient (Wildman–Crippen LogP) is 9.74. The van der Waals surface area contributed by atoms with Crippen LogP contribution in [0.25, 0.3) is 0 Å². The van der Waals surface area contributed by atoms with E-state index in [1.165, 1.54) is 25.7 Å². The average molecular weight is 848 g/mol. The molecule has 2 aliphatic carbocycles. The quantitative estimate of drug-likeness (QED) is 0.241. The van der Waals surface area contributed by atoms with Crippen LogP contribution in [0, 0.1) is 5.92 Å². The summed E-state index contributed by atoms with van der Waals surface area (Å²) in [7, 11) is 1.80. The number of hydrogen-bond donors (Lipinski definition) is 3. The maximum absolute atomic E-state index is 12.9. The Morgan fingerprint density at radius 3 is 1.42 bits per heavy atom. The minimum Gasteiger partial charge on any atom is -0.479 e. The zero-order valence-corrected chi connectivity index (χ0v) is 34.4. The number of alkyl carbamates (subject to hydrolysis) is 2. The molecular formula is C37H54Br2ClN3O7. The van der Waals surface area contributed by atoms with Crippen LogP contribution < -0.4 is 10.6 Å². The molecule has 0 spiro atoms. The first-order valence-corrected chi connectivity index (χ1v) is 18.4. The number of carbonyl (C=O) groups is 4. The molecule has 280 valence electrons. The molecule has 0 aromatic heterocycles. The van der Waals surface area contributed by atoms with E-state index in [-0.39, 0.29) is 24.4 Å². The molecule has 13 heteroatoms. The summed E-state index contributed by atoms with van der Waals surface area (Å²) in [5, 5.41) is 14.2. The van der Waals surface area contributed by atoms with Gasteiger partial charge < -0.3 is 30.1 Å². The molecule has 3 amide bonds. The van der Waals surface area contributed by atoms with Crippen molar-refractivity contribution in [3.63, 3.8) is 0 Å². The number of carboxylic acids is 1. The molecule has 0 saturated heterocycles. The highest BCUT2D eigenvalue weighted by molar-refractivity contribution is 9.10. The van der Waals surface area contributed by atoms with Crippen molar-refractivity contribution in [2.24, 2.45) is 5.92 Å². The molecular weight excluding hydrogens is 794 g/mol. The molecule has 2 aromatic carbocycles. The minimum absolute atomic E-state index is 0. The molecule has 2 atom stereocenters. The third kappa shape index (κ3) is 16.5. The number of benzene rings is 2. The first-order valence-electron chi connectivity index (χ1n) is 16.8. The summed E-state index contributed by atoms with van der Waals surface area (Å²) in [4.78, 5) is 49.6. The van der Waals surface area contributed by atoms with Gasteiger partial charge in [-0.2, -0.15) is 0 Å². The summed E-state index contributed by atoms with van der Waals surface area (Å²) in [6.45, 7) is 12.8. The van der Waals surface area contributed by atoms with Gasteiger partial charge in [0.05, 0.1) is 0 Å². The average Bonchev–Trinajstić information content (AvgIpc) is 2.92. The predicted molar refractivity (Wildman–Crippen MR) is 205 cm³/mol. The molecule has 2 aromatic rings. The van der Waals surface area contributed by atoms with E-state index in [1.54, 1.807) is 77.8 Å². The van der Waals surface area contributed by atoms with Gasteiger partial charge in [0.2, 0.25) is 5.91 Å². The number of carbonyl (C=O) groups excluding carboxylic acids is 3. The Labute approximate surface area is 320 Å². The van der Waals surface area contributed by atoms with Gasteiger partial charge in [-0.1, -0.05) is 88.7 Å². The van der Waals surface area contributed by atoms with Crippen LogP contribution in [-0.4, -0.2) is 58.4 Å². The van der Waals surface area contributed by atoms with Crippen molar-refractivity contribution in [3.05, 3.63) is 68.6 Å². The standard InChI is InChI=1S/C18H25BrN2O3.C13H16BrNO4.C6H12.ClH/c1-18(2,3)24-17(23)20-15(12-8-10-13(19)11-9-12)16(22)21(4)14-6-5-7-14;1-13(2,3)19-12(18)15-10(11(16)17)8-4-6-9(14)7-5-8;1-2-6-4-3-5-6;/h8-11,14-15H,5-7H2,1-4H3,(H,20,23);4-7,10H,1-3H3,(H,15,18)(H,16,17);6H,2-5H2,1H3;1H/t15-;10-;;/m11../s1. The van der Waals surface area contributed by atoms with Gasteiger partial charge in [-0.3, -0.25) is 4.79 Å². The van der Waals surface area contributed by atoms with Crippen LogP contribution in [-0.2, 0) is 19.1 Å². The molecule has 10 nitrogen and oxygen atoms in total. The number of carboxylic acid groups (broad SMARTS) is 1. The molecule has 0 unspecified atom stereocenters. The van der Waals surface area contributed by atoms with Crippen molar-refractivity contribution >= 4 is 68.3 Å². The number of nitrogens with zero attached hydrogens (tertiary/aromatic N) is 1. The van der Waals surface area contributed by atoms with Gasteiger partial charge >= 0.3 is 18.2 Å². The SMILES string of the molecule is CC(C)(C)OC(=O)N[C@@H](C(=O)O)c1ccc(Br)cc1.CCC1CCC1.CN(C(=O)[C@H](NC(=O)OC(C)(C)C)c1ccc(Br)cc1)C1CCC1.Cl. The smallest absolute Gasteiger partial charge is 0.408 e. The summed E-state index contributed by atoms with van der Waals surface area (Å²) in [5.74, 6) is -0.147. The van der Waals surface area contributed by atoms with Crippen molar-refractivity contribution in [3.8, 4) is 0 Å². The fraction of sp³-hybridized carbons (Fsp3) is 0.568. The Morgan fingerprint density at radius 1 is 0.760 bits per heavy atom. The van der Waals surface area contributed by atoms with Crippen LogP contribution in [0.2, 0.25) is 0 Å². The lowest BCUT2D eigenvalue weighted by molar-refractivity contribution is -0.139. The van der Waals surface area contributed by atoms with Crippen molar-refractivity contribution in [2.45, 2.75) is 123 Å². The molecule has 0 radical (unpaired) electrons. The Balaban J connectivity index is 0.000000428. The molecule has 0 heterocycles. The number of amides is 3. The molecule has 50 heavy (non-hydrogen) atoms. The Hall–Kier alpha value is -2.83. The van der Waals surface area contributed by atoms with Gasteiger partial charge in [-0.25, -0.2) is 14.4 Å². The number of aliphatic carboxylic acids is 1. The fourth-order valence-electron chi connectivity index (χ4n) is 4.80. The van der Waals surface area contributed by atoms with E-state index in [2.05, 4.69) is 49.4 Å². The topological polar surface area (TPSA) is 134 Å². The lowest BCUT2D eigenvalue weighted by Gasteiger charge is -2.37. The highest BCUT2D eigenvalue weighted by Gasteiger charge is 2.33. The van der Waals surface area contributed by atoms with Gasteiger partial charge in [0, 0.05) is 22.0 Å². The second-order valence-electron chi connectivity index (χ2n) is 14.3. The largest absolute Gasteiger partial charge is 0.479 e. The van der Waals surface area contributed by atoms with Crippen LogP contribution in [0.1, 0.15) is 117 Å². The number of nitrogens with one attached hydrogen (secondary N) is 2. The van der Waals surface area contributed by atoms with Gasteiger partial charge in [0.15, 0.2) is 6.04 Å². The van der Waals surface area contributed by atoms with Gasteiger partial charge in [-0.15, -0.1) is 12.4 Å². The lowest BCUT2D eigenvalue weighted by Crippen LogP contribution is -2.48. The highest BCUT2D eigenvalue weighted by atomic mass is 79.9. The fourth-order valence-corrected chi connectivity index (χ4v) is 5.32. The first-order chi connectivity index (χ1) is 22.8. The zero-order valence-electron chi connectivity index (χ0n) is 30.4. The van der Waals surface area contributed by atoms with E-state index in [0.717, 1.165) is 39.7 Å². The van der Waals surface area contributed by atoms with Crippen LogP contribution in [0.4, 0.5) is 9.59 Å². The first kappa shape index (κ1) is 45.2. The van der Waals surface area contributed by atoms with Crippen LogP contribution >= 0.6 is 44.3 Å². The van der Waals surface area contributed by atoms with E-state index >= 15 is 0 Å². The third-order valence-electron chi connectivity index (χ3n) is 7.99. The van der Waals surface area contributed by atoms with Crippen molar-refractivity contribution in [1.29, 1.82) is 0 Å². The van der Waals surface area contributed by atoms with E-state index in [4.69, 9.17) is 14.6 Å². The third-order valence-corrected chi connectivity index (χ3v) is 9.05. The zero-order chi connectivity index (χ0) is 36.9. The van der Waals surface area contributed by atoms with Crippen LogP contribution in [0.15, 0.2) is 57.5 Å². The molecule has 4 rings (SSSR count).